The van der Waals surface area contributed by atoms with Crippen LogP contribution in [-0.2, 0) is 0 Å². The first-order chi connectivity index (χ1) is 13.6. The SMILES string of the molecule is N#Cc1c(C2N=CC=CN2C(CF)CF)n(C2CCC2)c2cc(Cl)c(F)cc12. The highest BCUT2D eigenvalue weighted by Gasteiger charge is 2.35. The van der Waals surface area contributed by atoms with Crippen LogP contribution in [0.4, 0.5) is 13.2 Å². The molecule has 1 aromatic carbocycles. The number of nitriles is 1. The number of nitrogens with zero attached hydrogens (tertiary/aromatic N) is 4. The fourth-order valence-corrected chi connectivity index (χ4v) is 4.05. The van der Waals surface area contributed by atoms with Crippen molar-refractivity contribution in [1.29, 1.82) is 5.26 Å². The van der Waals surface area contributed by atoms with Crippen molar-refractivity contribution in [1.82, 2.24) is 9.47 Å². The Bertz CT molecular complexity index is 999. The summed E-state index contributed by atoms with van der Waals surface area (Å²) in [6.07, 6.45) is 6.80. The van der Waals surface area contributed by atoms with Crippen LogP contribution in [0.5, 0.6) is 0 Å². The van der Waals surface area contributed by atoms with Gasteiger partial charge < -0.3 is 9.47 Å². The number of halogens is 4. The molecule has 0 bridgehead atoms. The average molecular weight is 407 g/mol. The van der Waals surface area contributed by atoms with Gasteiger partial charge in [0.25, 0.3) is 0 Å². The van der Waals surface area contributed by atoms with Crippen molar-refractivity contribution in [2.24, 2.45) is 4.99 Å². The minimum atomic E-state index is -1.02. The molecule has 8 heteroatoms. The lowest BCUT2D eigenvalue weighted by atomic mass is 9.92. The highest BCUT2D eigenvalue weighted by molar-refractivity contribution is 6.31. The van der Waals surface area contributed by atoms with Crippen molar-refractivity contribution in [3.8, 4) is 6.07 Å². The number of alkyl halides is 2. The van der Waals surface area contributed by atoms with Crippen LogP contribution in [0.15, 0.2) is 29.4 Å². The second-order valence-corrected chi connectivity index (χ2v) is 7.44. The second kappa shape index (κ2) is 7.51. The van der Waals surface area contributed by atoms with Gasteiger partial charge in [-0.15, -0.1) is 0 Å². The topological polar surface area (TPSA) is 44.3 Å². The molecule has 4 rings (SSSR count). The maximum atomic E-state index is 14.2. The van der Waals surface area contributed by atoms with Crippen LogP contribution in [-0.4, -0.2) is 35.1 Å². The molecule has 0 N–H and O–H groups in total. The molecule has 0 saturated heterocycles. The van der Waals surface area contributed by atoms with E-state index in [4.69, 9.17) is 11.6 Å². The summed E-state index contributed by atoms with van der Waals surface area (Å²) in [5.41, 5.74) is 1.43. The smallest absolute Gasteiger partial charge is 0.163 e. The summed E-state index contributed by atoms with van der Waals surface area (Å²) in [5.74, 6) is -0.614. The van der Waals surface area contributed by atoms with Crippen LogP contribution in [0.2, 0.25) is 5.02 Å². The Morgan fingerprint density at radius 2 is 2.04 bits per heavy atom. The van der Waals surface area contributed by atoms with Gasteiger partial charge in [0.2, 0.25) is 0 Å². The van der Waals surface area contributed by atoms with Crippen LogP contribution in [0.1, 0.15) is 42.7 Å². The Balaban J connectivity index is 1.98. The number of hydrogen-bond acceptors (Lipinski definition) is 3. The zero-order valence-electron chi connectivity index (χ0n) is 15.0. The summed E-state index contributed by atoms with van der Waals surface area (Å²) in [6.45, 7) is -1.78. The summed E-state index contributed by atoms with van der Waals surface area (Å²) in [5, 5.41) is 10.3. The normalized spacial score (nSPS) is 19.4. The largest absolute Gasteiger partial charge is 0.343 e. The monoisotopic (exact) mass is 406 g/mol. The Kier molecular flexibility index (Phi) is 5.07. The van der Waals surface area contributed by atoms with Crippen LogP contribution in [0.3, 0.4) is 0 Å². The third-order valence-electron chi connectivity index (χ3n) is 5.51. The van der Waals surface area contributed by atoms with E-state index in [1.807, 2.05) is 4.57 Å². The van der Waals surface area contributed by atoms with E-state index in [2.05, 4.69) is 11.1 Å². The van der Waals surface area contributed by atoms with E-state index >= 15 is 0 Å². The van der Waals surface area contributed by atoms with Gasteiger partial charge in [-0.05, 0) is 37.5 Å². The van der Waals surface area contributed by atoms with E-state index in [1.165, 1.54) is 17.0 Å². The minimum absolute atomic E-state index is 0.0316. The lowest BCUT2D eigenvalue weighted by Gasteiger charge is -2.37. The van der Waals surface area contributed by atoms with Crippen LogP contribution >= 0.6 is 11.6 Å². The molecular weight excluding hydrogens is 389 g/mol. The van der Waals surface area contributed by atoms with Gasteiger partial charge in [-0.1, -0.05) is 11.6 Å². The van der Waals surface area contributed by atoms with Gasteiger partial charge in [0, 0.05) is 23.8 Å². The van der Waals surface area contributed by atoms with Gasteiger partial charge in [0.15, 0.2) is 6.17 Å². The maximum absolute atomic E-state index is 14.2. The van der Waals surface area contributed by atoms with E-state index in [0.717, 1.165) is 19.3 Å². The van der Waals surface area contributed by atoms with Gasteiger partial charge in [-0.25, -0.2) is 13.2 Å². The van der Waals surface area contributed by atoms with E-state index < -0.39 is 31.4 Å². The molecular formula is C20H18ClF3N4. The van der Waals surface area contributed by atoms with Gasteiger partial charge in [-0.2, -0.15) is 5.26 Å². The molecule has 2 aliphatic rings. The lowest BCUT2D eigenvalue weighted by Crippen LogP contribution is -2.39. The predicted molar refractivity (Wildman–Crippen MR) is 102 cm³/mol. The van der Waals surface area contributed by atoms with Crippen molar-refractivity contribution in [3.05, 3.63) is 46.5 Å². The number of allylic oxidation sites excluding steroid dienone is 1. The van der Waals surface area contributed by atoms with Gasteiger partial charge >= 0.3 is 0 Å². The third kappa shape index (κ3) is 2.87. The molecule has 1 aromatic heterocycles. The average Bonchev–Trinajstić information content (AvgIpc) is 2.95. The summed E-state index contributed by atoms with van der Waals surface area (Å²) in [6, 6.07) is 4.02. The molecule has 0 spiro atoms. The molecule has 1 fully saturated rings. The Morgan fingerprint density at radius 3 is 2.64 bits per heavy atom. The van der Waals surface area contributed by atoms with Gasteiger partial charge in [0.05, 0.1) is 27.8 Å². The first-order valence-electron chi connectivity index (χ1n) is 9.13. The third-order valence-corrected chi connectivity index (χ3v) is 5.80. The zero-order chi connectivity index (χ0) is 19.8. The number of rotatable bonds is 5. The molecule has 1 atom stereocenters. The number of aromatic nitrogens is 1. The fraction of sp³-hybridized carbons (Fsp3) is 0.400. The number of aliphatic imine (C=N–C) groups is 1. The van der Waals surface area contributed by atoms with Crippen molar-refractivity contribution >= 4 is 28.7 Å². The lowest BCUT2D eigenvalue weighted by molar-refractivity contribution is 0.140. The van der Waals surface area contributed by atoms with Gasteiger partial charge in [0.1, 0.15) is 25.2 Å². The molecule has 0 amide bonds. The van der Waals surface area contributed by atoms with Crippen LogP contribution in [0, 0.1) is 17.1 Å². The fourth-order valence-electron chi connectivity index (χ4n) is 3.89. The summed E-state index contributed by atoms with van der Waals surface area (Å²) in [7, 11) is 0. The molecule has 2 heterocycles. The summed E-state index contributed by atoms with van der Waals surface area (Å²) in [4.78, 5) is 5.92. The first-order valence-corrected chi connectivity index (χ1v) is 9.50. The molecule has 1 saturated carbocycles. The summed E-state index contributed by atoms with van der Waals surface area (Å²) < 4.78 is 43.0. The standard InChI is InChI=1S/C20H18ClF3N4/c21-16-8-18-14(7-17(16)24)15(11-25)19(28(18)12-3-1-4-12)20-26-5-2-6-27(20)13(9-22)10-23/h2,5-8,12-13,20H,1,3-4,9-10H2. The number of hydrogen-bond donors (Lipinski definition) is 0. The highest BCUT2D eigenvalue weighted by atomic mass is 35.5. The minimum Gasteiger partial charge on any atom is -0.343 e. The maximum Gasteiger partial charge on any atom is 0.163 e. The molecule has 4 nitrogen and oxygen atoms in total. The van der Waals surface area contributed by atoms with E-state index in [-0.39, 0.29) is 16.6 Å². The molecule has 28 heavy (non-hydrogen) atoms. The van der Waals surface area contributed by atoms with Crippen molar-refractivity contribution in [2.45, 2.75) is 37.5 Å². The van der Waals surface area contributed by atoms with E-state index in [9.17, 15) is 18.4 Å². The first kappa shape index (κ1) is 18.9. The predicted octanol–water partition coefficient (Wildman–Crippen LogP) is 5.24. The molecule has 146 valence electrons. The van der Waals surface area contributed by atoms with E-state index in [1.54, 1.807) is 18.5 Å². The van der Waals surface area contributed by atoms with Crippen molar-refractivity contribution in [2.75, 3.05) is 13.3 Å². The Morgan fingerprint density at radius 1 is 1.29 bits per heavy atom. The molecule has 1 aliphatic carbocycles. The van der Waals surface area contributed by atoms with Crippen LogP contribution < -0.4 is 0 Å². The molecule has 1 unspecified atom stereocenters. The quantitative estimate of drug-likeness (QED) is 0.681. The zero-order valence-corrected chi connectivity index (χ0v) is 15.7. The Hall–Kier alpha value is -2.46. The van der Waals surface area contributed by atoms with Gasteiger partial charge in [-0.3, -0.25) is 4.99 Å². The molecule has 1 aliphatic heterocycles. The van der Waals surface area contributed by atoms with Crippen LogP contribution in [0.25, 0.3) is 10.9 Å². The highest BCUT2D eigenvalue weighted by Crippen LogP contribution is 2.43. The van der Waals surface area contributed by atoms with Crippen molar-refractivity contribution < 1.29 is 13.2 Å². The van der Waals surface area contributed by atoms with E-state index in [0.29, 0.717) is 16.6 Å². The number of benzene rings is 1. The number of fused-ring (bicyclic) bond motifs is 1. The summed E-state index contributed by atoms with van der Waals surface area (Å²) >= 11 is 6.02. The Labute approximate surface area is 165 Å². The van der Waals surface area contributed by atoms with Crippen molar-refractivity contribution in [3.63, 3.8) is 0 Å². The molecule has 2 aromatic rings. The second-order valence-electron chi connectivity index (χ2n) is 7.03. The molecule has 0 radical (unpaired) electrons.